The van der Waals surface area contributed by atoms with Crippen LogP contribution in [0.25, 0.3) is 0 Å². The highest BCUT2D eigenvalue weighted by molar-refractivity contribution is 7.10. The number of nitrogens with one attached hydrogen (secondary N) is 1. The van der Waals surface area contributed by atoms with Crippen LogP contribution >= 0.6 is 11.3 Å². The van der Waals surface area contributed by atoms with Crippen LogP contribution in [-0.4, -0.2) is 33.3 Å². The predicted molar refractivity (Wildman–Crippen MR) is 86.1 cm³/mol. The topological polar surface area (TPSA) is 56.8 Å². The molecule has 0 spiro atoms. The third kappa shape index (κ3) is 4.39. The average Bonchev–Trinajstić information content (AvgIpc) is 3.03. The summed E-state index contributed by atoms with van der Waals surface area (Å²) < 4.78 is 16.1. The number of carbonyl (C=O) groups excluding carboxylic acids is 1. The number of ether oxygens (including phenoxy) is 3. The van der Waals surface area contributed by atoms with Crippen LogP contribution in [0.2, 0.25) is 0 Å². The normalized spacial score (nSPS) is 10.1. The number of hydrogen-bond acceptors (Lipinski definition) is 5. The monoisotopic (exact) mass is 321 g/mol. The van der Waals surface area contributed by atoms with Crippen LogP contribution in [0.1, 0.15) is 4.88 Å². The van der Waals surface area contributed by atoms with Gasteiger partial charge in [-0.3, -0.25) is 4.79 Å². The molecule has 0 atom stereocenters. The molecule has 0 radical (unpaired) electrons. The van der Waals surface area contributed by atoms with Gasteiger partial charge in [0.15, 0.2) is 11.5 Å². The van der Waals surface area contributed by atoms with Gasteiger partial charge >= 0.3 is 0 Å². The molecule has 0 saturated heterocycles. The SMILES string of the molecule is COc1cccc(OCCNC(=O)Cc2cccs2)c1OC. The number of rotatable bonds is 8. The second-order valence-corrected chi connectivity index (χ2v) is 5.48. The average molecular weight is 321 g/mol. The number of thiophene rings is 1. The molecule has 1 aromatic heterocycles. The first-order valence-corrected chi connectivity index (χ1v) is 7.75. The molecule has 0 fully saturated rings. The van der Waals surface area contributed by atoms with E-state index < -0.39 is 0 Å². The summed E-state index contributed by atoms with van der Waals surface area (Å²) in [5, 5.41) is 4.79. The fraction of sp³-hybridized carbons (Fsp3) is 0.312. The highest BCUT2D eigenvalue weighted by Crippen LogP contribution is 2.36. The molecule has 2 rings (SSSR count). The summed E-state index contributed by atoms with van der Waals surface area (Å²) >= 11 is 1.57. The van der Waals surface area contributed by atoms with Crippen LogP contribution in [0.3, 0.4) is 0 Å². The molecule has 1 N–H and O–H groups in total. The largest absolute Gasteiger partial charge is 0.493 e. The summed E-state index contributed by atoms with van der Waals surface area (Å²) in [7, 11) is 3.14. The molecule has 1 aromatic carbocycles. The van der Waals surface area contributed by atoms with Gasteiger partial charge in [-0.05, 0) is 23.6 Å². The van der Waals surface area contributed by atoms with Crippen LogP contribution in [0.5, 0.6) is 17.2 Å². The maximum absolute atomic E-state index is 11.7. The molecule has 5 nitrogen and oxygen atoms in total. The van der Waals surface area contributed by atoms with E-state index in [1.807, 2.05) is 23.6 Å². The lowest BCUT2D eigenvalue weighted by molar-refractivity contribution is -0.120. The standard InChI is InChI=1S/C16H19NO4S/c1-19-13-6-3-7-14(16(13)20-2)21-9-8-17-15(18)11-12-5-4-10-22-12/h3-7,10H,8-9,11H2,1-2H3,(H,17,18). The number of carbonyl (C=O) groups is 1. The van der Waals surface area contributed by atoms with Crippen LogP contribution in [-0.2, 0) is 11.2 Å². The minimum absolute atomic E-state index is 0.0105. The first-order valence-electron chi connectivity index (χ1n) is 6.87. The van der Waals surface area contributed by atoms with Crippen LogP contribution in [0.15, 0.2) is 35.7 Å². The Bertz CT molecular complexity index is 598. The lowest BCUT2D eigenvalue weighted by atomic mass is 10.3. The zero-order chi connectivity index (χ0) is 15.8. The van der Waals surface area contributed by atoms with E-state index in [4.69, 9.17) is 14.2 Å². The van der Waals surface area contributed by atoms with E-state index in [2.05, 4.69) is 5.32 Å². The molecule has 1 amide bonds. The van der Waals surface area contributed by atoms with E-state index in [9.17, 15) is 4.79 Å². The van der Waals surface area contributed by atoms with Gasteiger partial charge < -0.3 is 19.5 Å². The van der Waals surface area contributed by atoms with Crippen molar-refractivity contribution in [2.45, 2.75) is 6.42 Å². The summed E-state index contributed by atoms with van der Waals surface area (Å²) in [6, 6.07) is 9.31. The van der Waals surface area contributed by atoms with Gasteiger partial charge in [0.2, 0.25) is 11.7 Å². The Morgan fingerprint density at radius 1 is 1.14 bits per heavy atom. The Labute approximate surface area is 133 Å². The predicted octanol–water partition coefficient (Wildman–Crippen LogP) is 2.50. The van der Waals surface area contributed by atoms with Crippen molar-refractivity contribution in [2.24, 2.45) is 0 Å². The van der Waals surface area contributed by atoms with Gasteiger partial charge in [-0.1, -0.05) is 12.1 Å². The molecule has 2 aromatic rings. The van der Waals surface area contributed by atoms with Gasteiger partial charge in [-0.2, -0.15) is 0 Å². The molecule has 118 valence electrons. The first-order chi connectivity index (χ1) is 10.7. The molecule has 1 heterocycles. The van der Waals surface area contributed by atoms with Gasteiger partial charge in [0, 0.05) is 4.88 Å². The maximum Gasteiger partial charge on any atom is 0.225 e. The van der Waals surface area contributed by atoms with E-state index in [0.717, 1.165) is 4.88 Å². The summed E-state index contributed by atoms with van der Waals surface area (Å²) in [6.45, 7) is 0.796. The van der Waals surface area contributed by atoms with Gasteiger partial charge in [0.05, 0.1) is 27.2 Å². The van der Waals surface area contributed by atoms with Crippen LogP contribution < -0.4 is 19.5 Å². The van der Waals surface area contributed by atoms with Crippen molar-refractivity contribution in [3.63, 3.8) is 0 Å². The molecule has 0 aliphatic carbocycles. The molecule has 6 heteroatoms. The molecule has 22 heavy (non-hydrogen) atoms. The number of methoxy groups -OCH3 is 2. The minimum atomic E-state index is -0.0105. The smallest absolute Gasteiger partial charge is 0.225 e. The van der Waals surface area contributed by atoms with Crippen LogP contribution in [0, 0.1) is 0 Å². The summed E-state index contributed by atoms with van der Waals surface area (Å²) in [4.78, 5) is 12.8. The summed E-state index contributed by atoms with van der Waals surface area (Å²) in [5.41, 5.74) is 0. The Morgan fingerprint density at radius 3 is 2.64 bits per heavy atom. The maximum atomic E-state index is 11.7. The van der Waals surface area contributed by atoms with Crippen molar-refractivity contribution in [3.05, 3.63) is 40.6 Å². The summed E-state index contributed by atoms with van der Waals surface area (Å²) in [5.74, 6) is 1.75. The highest BCUT2D eigenvalue weighted by Gasteiger charge is 2.10. The molecular formula is C16H19NO4S. The zero-order valence-corrected chi connectivity index (χ0v) is 13.4. The minimum Gasteiger partial charge on any atom is -0.493 e. The van der Waals surface area contributed by atoms with Gasteiger partial charge in [-0.25, -0.2) is 0 Å². The lowest BCUT2D eigenvalue weighted by Gasteiger charge is -2.13. The molecular weight excluding hydrogens is 302 g/mol. The van der Waals surface area contributed by atoms with Crippen molar-refractivity contribution in [2.75, 3.05) is 27.4 Å². The quantitative estimate of drug-likeness (QED) is 0.759. The van der Waals surface area contributed by atoms with Crippen LogP contribution in [0.4, 0.5) is 0 Å². The van der Waals surface area contributed by atoms with Gasteiger partial charge in [-0.15, -0.1) is 11.3 Å². The number of amides is 1. The van der Waals surface area contributed by atoms with E-state index in [-0.39, 0.29) is 5.91 Å². The zero-order valence-electron chi connectivity index (χ0n) is 12.6. The molecule has 0 bridgehead atoms. The lowest BCUT2D eigenvalue weighted by Crippen LogP contribution is -2.29. The van der Waals surface area contributed by atoms with Gasteiger partial charge in [0.1, 0.15) is 6.61 Å². The van der Waals surface area contributed by atoms with Crippen molar-refractivity contribution in [1.29, 1.82) is 0 Å². The van der Waals surface area contributed by atoms with Crippen molar-refractivity contribution in [1.82, 2.24) is 5.32 Å². The Balaban J connectivity index is 1.78. The third-order valence-corrected chi connectivity index (χ3v) is 3.84. The second-order valence-electron chi connectivity index (χ2n) is 4.45. The van der Waals surface area contributed by atoms with E-state index in [1.165, 1.54) is 0 Å². The first kappa shape index (κ1) is 16.2. The molecule has 0 aliphatic rings. The highest BCUT2D eigenvalue weighted by atomic mass is 32.1. The Hall–Kier alpha value is -2.21. The fourth-order valence-electron chi connectivity index (χ4n) is 1.96. The number of para-hydroxylation sites is 1. The number of benzene rings is 1. The van der Waals surface area contributed by atoms with E-state index in [0.29, 0.717) is 36.8 Å². The Morgan fingerprint density at radius 2 is 1.95 bits per heavy atom. The summed E-state index contributed by atoms with van der Waals surface area (Å²) in [6.07, 6.45) is 0.403. The number of hydrogen-bond donors (Lipinski definition) is 1. The van der Waals surface area contributed by atoms with E-state index >= 15 is 0 Å². The van der Waals surface area contributed by atoms with E-state index in [1.54, 1.807) is 37.7 Å². The molecule has 0 unspecified atom stereocenters. The van der Waals surface area contributed by atoms with Gasteiger partial charge in [0.25, 0.3) is 0 Å². The third-order valence-electron chi connectivity index (χ3n) is 2.96. The molecule has 0 aliphatic heterocycles. The Kier molecular flexibility index (Phi) is 6.09. The van der Waals surface area contributed by atoms with Crippen molar-refractivity contribution < 1.29 is 19.0 Å². The fourth-order valence-corrected chi connectivity index (χ4v) is 2.66. The van der Waals surface area contributed by atoms with Crippen molar-refractivity contribution >= 4 is 17.2 Å². The van der Waals surface area contributed by atoms with Crippen molar-refractivity contribution in [3.8, 4) is 17.2 Å². The molecule has 0 saturated carbocycles. The second kappa shape index (κ2) is 8.29.